The van der Waals surface area contributed by atoms with Crippen LogP contribution in [-0.2, 0) is 13.0 Å². The van der Waals surface area contributed by atoms with E-state index >= 15 is 0 Å². The summed E-state index contributed by atoms with van der Waals surface area (Å²) in [4.78, 5) is 10.5. The third-order valence-electron chi connectivity index (χ3n) is 4.42. The van der Waals surface area contributed by atoms with Crippen LogP contribution in [-0.4, -0.2) is 14.5 Å². The maximum atomic E-state index is 4.84. The van der Waals surface area contributed by atoms with Crippen molar-refractivity contribution in [1.82, 2.24) is 14.5 Å². The van der Waals surface area contributed by atoms with E-state index in [0.29, 0.717) is 0 Å². The standard InChI is InChI=1S/C20H19N3S2/c1-14-11-18(15(2)23(14)9-7-17-6-4-10-24-17)19-13-25-20(22-19)16-5-3-8-21-12-16/h3-6,8,10-13H,7,9H2,1-2H3. The maximum Gasteiger partial charge on any atom is 0.125 e. The summed E-state index contributed by atoms with van der Waals surface area (Å²) >= 11 is 3.50. The molecule has 4 heterocycles. The fraction of sp³-hybridized carbons (Fsp3) is 0.200. The molecule has 0 bridgehead atoms. The minimum Gasteiger partial charge on any atom is -0.348 e. The quantitative estimate of drug-likeness (QED) is 0.461. The molecule has 5 heteroatoms. The van der Waals surface area contributed by atoms with Crippen LogP contribution in [0.5, 0.6) is 0 Å². The molecule has 0 aliphatic carbocycles. The van der Waals surface area contributed by atoms with E-state index in [0.717, 1.165) is 29.2 Å². The highest BCUT2D eigenvalue weighted by atomic mass is 32.1. The van der Waals surface area contributed by atoms with Crippen molar-refractivity contribution in [2.24, 2.45) is 0 Å². The van der Waals surface area contributed by atoms with E-state index in [9.17, 15) is 0 Å². The molecule has 0 aliphatic rings. The van der Waals surface area contributed by atoms with Gasteiger partial charge in [0.15, 0.2) is 0 Å². The number of hydrogen-bond donors (Lipinski definition) is 0. The van der Waals surface area contributed by atoms with Gasteiger partial charge in [0, 0.05) is 51.7 Å². The predicted octanol–water partition coefficient (Wildman–Crippen LogP) is 5.59. The summed E-state index contributed by atoms with van der Waals surface area (Å²) < 4.78 is 2.40. The second-order valence-corrected chi connectivity index (χ2v) is 7.94. The van der Waals surface area contributed by atoms with Crippen molar-refractivity contribution in [3.05, 3.63) is 69.8 Å². The van der Waals surface area contributed by atoms with Crippen molar-refractivity contribution in [3.63, 3.8) is 0 Å². The van der Waals surface area contributed by atoms with Gasteiger partial charge in [0.2, 0.25) is 0 Å². The number of pyridine rings is 1. The monoisotopic (exact) mass is 365 g/mol. The summed E-state index contributed by atoms with van der Waals surface area (Å²) in [6.07, 6.45) is 4.73. The Balaban J connectivity index is 1.61. The molecule has 4 aromatic rings. The van der Waals surface area contributed by atoms with Crippen LogP contribution >= 0.6 is 22.7 Å². The number of thiazole rings is 1. The third-order valence-corrected chi connectivity index (χ3v) is 6.25. The van der Waals surface area contributed by atoms with Gasteiger partial charge in [0.05, 0.1) is 5.69 Å². The maximum absolute atomic E-state index is 4.84. The van der Waals surface area contributed by atoms with E-state index in [1.54, 1.807) is 17.5 Å². The number of nitrogens with zero attached hydrogens (tertiary/aromatic N) is 3. The van der Waals surface area contributed by atoms with E-state index in [-0.39, 0.29) is 0 Å². The molecule has 0 amide bonds. The van der Waals surface area contributed by atoms with Crippen LogP contribution in [0.15, 0.2) is 53.5 Å². The second kappa shape index (κ2) is 6.94. The van der Waals surface area contributed by atoms with Gasteiger partial charge in [-0.25, -0.2) is 4.98 Å². The van der Waals surface area contributed by atoms with Gasteiger partial charge in [-0.15, -0.1) is 22.7 Å². The molecule has 0 saturated carbocycles. The first kappa shape index (κ1) is 16.2. The van der Waals surface area contributed by atoms with Crippen LogP contribution in [0, 0.1) is 13.8 Å². The first-order valence-electron chi connectivity index (χ1n) is 8.28. The molecule has 0 aromatic carbocycles. The van der Waals surface area contributed by atoms with Crippen LogP contribution in [0.25, 0.3) is 21.8 Å². The summed E-state index contributed by atoms with van der Waals surface area (Å²) in [5.74, 6) is 0. The number of aryl methyl sites for hydroxylation is 2. The van der Waals surface area contributed by atoms with Crippen LogP contribution in [0.2, 0.25) is 0 Å². The third kappa shape index (κ3) is 3.30. The van der Waals surface area contributed by atoms with E-state index in [4.69, 9.17) is 4.98 Å². The molecule has 25 heavy (non-hydrogen) atoms. The molecule has 0 N–H and O–H groups in total. The molecule has 0 atom stereocenters. The summed E-state index contributed by atoms with van der Waals surface area (Å²) in [5, 5.41) is 5.31. The summed E-state index contributed by atoms with van der Waals surface area (Å²) in [7, 11) is 0. The zero-order valence-electron chi connectivity index (χ0n) is 14.3. The SMILES string of the molecule is Cc1cc(-c2csc(-c3cccnc3)n2)c(C)n1CCc1cccs1. The molecule has 0 unspecified atom stereocenters. The van der Waals surface area contributed by atoms with Crippen molar-refractivity contribution in [2.75, 3.05) is 0 Å². The summed E-state index contributed by atoms with van der Waals surface area (Å²) in [5.41, 5.74) is 5.94. The van der Waals surface area contributed by atoms with Gasteiger partial charge >= 0.3 is 0 Å². The molecule has 0 fully saturated rings. The Kier molecular flexibility index (Phi) is 4.51. The second-order valence-electron chi connectivity index (χ2n) is 6.05. The molecular formula is C20H19N3S2. The highest BCUT2D eigenvalue weighted by Gasteiger charge is 2.14. The van der Waals surface area contributed by atoms with E-state index < -0.39 is 0 Å². The average molecular weight is 366 g/mol. The lowest BCUT2D eigenvalue weighted by Gasteiger charge is -2.08. The van der Waals surface area contributed by atoms with Crippen molar-refractivity contribution in [1.29, 1.82) is 0 Å². The van der Waals surface area contributed by atoms with Gasteiger partial charge in [-0.1, -0.05) is 6.07 Å². The number of rotatable bonds is 5. The van der Waals surface area contributed by atoms with Crippen molar-refractivity contribution in [2.45, 2.75) is 26.8 Å². The zero-order valence-corrected chi connectivity index (χ0v) is 15.9. The number of aromatic nitrogens is 3. The Hall–Kier alpha value is -2.24. The Morgan fingerprint density at radius 1 is 1.12 bits per heavy atom. The van der Waals surface area contributed by atoms with Gasteiger partial charge in [-0.2, -0.15) is 0 Å². The van der Waals surface area contributed by atoms with Crippen molar-refractivity contribution < 1.29 is 0 Å². The van der Waals surface area contributed by atoms with Gasteiger partial charge < -0.3 is 4.57 Å². The molecule has 4 aromatic heterocycles. The van der Waals surface area contributed by atoms with Crippen LogP contribution < -0.4 is 0 Å². The molecule has 126 valence electrons. The Morgan fingerprint density at radius 3 is 2.80 bits per heavy atom. The van der Waals surface area contributed by atoms with Gasteiger partial charge in [0.25, 0.3) is 0 Å². The highest BCUT2D eigenvalue weighted by molar-refractivity contribution is 7.13. The molecule has 0 spiro atoms. The van der Waals surface area contributed by atoms with E-state index in [2.05, 4.69) is 58.4 Å². The molecule has 0 aliphatic heterocycles. The Bertz CT molecular complexity index is 966. The zero-order chi connectivity index (χ0) is 17.2. The lowest BCUT2D eigenvalue weighted by Crippen LogP contribution is -2.04. The smallest absolute Gasteiger partial charge is 0.125 e. The molecule has 4 rings (SSSR count). The molecule has 0 radical (unpaired) electrons. The van der Waals surface area contributed by atoms with Crippen molar-refractivity contribution >= 4 is 22.7 Å². The lowest BCUT2D eigenvalue weighted by molar-refractivity contribution is 0.669. The molecule has 3 nitrogen and oxygen atoms in total. The summed E-state index contributed by atoms with van der Waals surface area (Å²) in [6.45, 7) is 5.39. The molecular weight excluding hydrogens is 346 g/mol. The van der Waals surface area contributed by atoms with E-state index in [1.807, 2.05) is 23.6 Å². The topological polar surface area (TPSA) is 30.7 Å². The van der Waals surface area contributed by atoms with E-state index in [1.165, 1.54) is 21.8 Å². The first-order chi connectivity index (χ1) is 12.2. The largest absolute Gasteiger partial charge is 0.348 e. The number of hydrogen-bond acceptors (Lipinski definition) is 4. The minimum atomic E-state index is 1.01. The Morgan fingerprint density at radius 2 is 2.04 bits per heavy atom. The summed E-state index contributed by atoms with van der Waals surface area (Å²) in [6, 6.07) is 10.6. The van der Waals surface area contributed by atoms with Crippen molar-refractivity contribution in [3.8, 4) is 21.8 Å². The lowest BCUT2D eigenvalue weighted by atomic mass is 10.2. The van der Waals surface area contributed by atoms with Gasteiger partial charge in [-0.3, -0.25) is 4.98 Å². The van der Waals surface area contributed by atoms with Gasteiger partial charge in [-0.05, 0) is 49.9 Å². The normalized spacial score (nSPS) is 11.1. The fourth-order valence-electron chi connectivity index (χ4n) is 3.10. The number of thiophene rings is 1. The van der Waals surface area contributed by atoms with Crippen LogP contribution in [0.4, 0.5) is 0 Å². The first-order valence-corrected chi connectivity index (χ1v) is 10.0. The predicted molar refractivity (Wildman–Crippen MR) is 106 cm³/mol. The van der Waals surface area contributed by atoms with Crippen LogP contribution in [0.3, 0.4) is 0 Å². The van der Waals surface area contributed by atoms with Gasteiger partial charge in [0.1, 0.15) is 5.01 Å². The van der Waals surface area contributed by atoms with Crippen LogP contribution in [0.1, 0.15) is 16.3 Å². The highest BCUT2D eigenvalue weighted by Crippen LogP contribution is 2.32. The Labute approximate surface area is 155 Å². The molecule has 0 saturated heterocycles. The fourth-order valence-corrected chi connectivity index (χ4v) is 4.61. The average Bonchev–Trinajstić information content (AvgIpc) is 3.36. The minimum absolute atomic E-state index is 1.01.